The van der Waals surface area contributed by atoms with E-state index in [0.29, 0.717) is 10.9 Å². The van der Waals surface area contributed by atoms with Crippen LogP contribution in [0, 0.1) is 0 Å². The Labute approximate surface area is 129 Å². The maximum atomic E-state index is 9.71. The molecule has 0 radical (unpaired) electrons. The number of aromatic amines is 1. The summed E-state index contributed by atoms with van der Waals surface area (Å²) in [7, 11) is 0. The molecular weight excluding hydrogens is 282 g/mol. The number of rotatable bonds is 3. The first kappa shape index (κ1) is 14.2. The van der Waals surface area contributed by atoms with Crippen molar-refractivity contribution in [3.63, 3.8) is 0 Å². The van der Waals surface area contributed by atoms with Crippen LogP contribution < -0.4 is 0 Å². The Morgan fingerprint density at radius 1 is 1.10 bits per heavy atom. The molecule has 108 valence electrons. The van der Waals surface area contributed by atoms with Crippen LogP contribution in [0.4, 0.5) is 0 Å². The fraction of sp³-hybridized carbons (Fsp3) is 0.222. The van der Waals surface area contributed by atoms with Crippen molar-refractivity contribution in [1.82, 2.24) is 4.98 Å². The molecule has 21 heavy (non-hydrogen) atoms. The smallest absolute Gasteiger partial charge is 0.0837 e. The van der Waals surface area contributed by atoms with E-state index in [1.165, 1.54) is 5.56 Å². The molecule has 0 spiro atoms. The van der Waals surface area contributed by atoms with Gasteiger partial charge in [0.2, 0.25) is 0 Å². The Kier molecular flexibility index (Phi) is 3.75. The van der Waals surface area contributed by atoms with Crippen LogP contribution in [0.15, 0.2) is 42.5 Å². The minimum Gasteiger partial charge on any atom is -0.390 e. The molecule has 2 aromatic carbocycles. The molecule has 3 aromatic rings. The first-order valence-corrected chi connectivity index (χ1v) is 7.50. The normalized spacial score (nSPS) is 11.5. The number of H-pyrrole nitrogens is 1. The van der Waals surface area contributed by atoms with Gasteiger partial charge in [-0.3, -0.25) is 0 Å². The van der Waals surface area contributed by atoms with Crippen molar-refractivity contribution >= 4 is 22.5 Å². The molecule has 0 saturated carbocycles. The van der Waals surface area contributed by atoms with Crippen LogP contribution in [0.25, 0.3) is 22.0 Å². The Hall–Kier alpha value is -1.77. The molecule has 1 aromatic heterocycles. The molecule has 0 aliphatic rings. The van der Waals surface area contributed by atoms with Crippen LogP contribution in [0.2, 0.25) is 5.02 Å². The topological polar surface area (TPSA) is 36.0 Å². The van der Waals surface area contributed by atoms with E-state index in [0.717, 1.165) is 27.7 Å². The minimum atomic E-state index is -0.00975. The number of para-hydroxylation sites is 1. The van der Waals surface area contributed by atoms with Gasteiger partial charge in [0.1, 0.15) is 0 Å². The van der Waals surface area contributed by atoms with Crippen LogP contribution in [-0.4, -0.2) is 10.1 Å². The van der Waals surface area contributed by atoms with Crippen molar-refractivity contribution in [1.29, 1.82) is 0 Å². The highest BCUT2D eigenvalue weighted by Crippen LogP contribution is 2.36. The van der Waals surface area contributed by atoms with Crippen molar-refractivity contribution < 1.29 is 5.11 Å². The molecule has 0 bridgehead atoms. The lowest BCUT2D eigenvalue weighted by atomic mass is 9.97. The maximum absolute atomic E-state index is 9.71. The summed E-state index contributed by atoms with van der Waals surface area (Å²) in [6.07, 6.45) is 0. The van der Waals surface area contributed by atoms with E-state index in [1.807, 2.05) is 24.3 Å². The van der Waals surface area contributed by atoms with Crippen molar-refractivity contribution in [2.45, 2.75) is 26.4 Å². The highest BCUT2D eigenvalue weighted by molar-refractivity contribution is 6.30. The zero-order valence-corrected chi connectivity index (χ0v) is 12.9. The molecule has 3 heteroatoms. The Balaban J connectivity index is 2.31. The Morgan fingerprint density at radius 2 is 1.81 bits per heavy atom. The van der Waals surface area contributed by atoms with Crippen LogP contribution in [0.5, 0.6) is 0 Å². The summed E-state index contributed by atoms with van der Waals surface area (Å²) in [5.41, 5.74) is 5.35. The molecule has 0 aliphatic carbocycles. The lowest BCUT2D eigenvalue weighted by Crippen LogP contribution is -1.89. The minimum absolute atomic E-state index is 0.00975. The van der Waals surface area contributed by atoms with Crippen LogP contribution >= 0.6 is 11.6 Å². The number of aliphatic hydroxyl groups excluding tert-OH is 1. The SMILES string of the molecule is CC(C)c1cccc2c(-c3ccc(Cl)cc3)c(CO)[nH]c12. The third-order valence-corrected chi connectivity index (χ3v) is 4.11. The molecule has 0 saturated heterocycles. The molecule has 1 heterocycles. The number of hydrogen-bond donors (Lipinski definition) is 2. The number of benzene rings is 2. The quantitative estimate of drug-likeness (QED) is 0.693. The van der Waals surface area contributed by atoms with E-state index in [4.69, 9.17) is 11.6 Å². The van der Waals surface area contributed by atoms with Crippen molar-refractivity contribution in [2.24, 2.45) is 0 Å². The highest BCUT2D eigenvalue weighted by atomic mass is 35.5. The monoisotopic (exact) mass is 299 g/mol. The lowest BCUT2D eigenvalue weighted by molar-refractivity contribution is 0.278. The van der Waals surface area contributed by atoms with Crippen molar-refractivity contribution in [3.8, 4) is 11.1 Å². The van der Waals surface area contributed by atoms with Gasteiger partial charge in [0.05, 0.1) is 6.61 Å². The van der Waals surface area contributed by atoms with Crippen LogP contribution in [-0.2, 0) is 6.61 Å². The van der Waals surface area contributed by atoms with E-state index in [-0.39, 0.29) is 6.61 Å². The summed E-state index contributed by atoms with van der Waals surface area (Å²) in [6.45, 7) is 4.34. The van der Waals surface area contributed by atoms with Gasteiger partial charge in [0.25, 0.3) is 0 Å². The van der Waals surface area contributed by atoms with Gasteiger partial charge in [0.15, 0.2) is 0 Å². The molecule has 0 amide bonds. The average Bonchev–Trinajstić information content (AvgIpc) is 2.86. The second kappa shape index (κ2) is 5.55. The zero-order chi connectivity index (χ0) is 15.0. The van der Waals surface area contributed by atoms with Crippen LogP contribution in [0.1, 0.15) is 31.0 Å². The molecule has 0 atom stereocenters. The van der Waals surface area contributed by atoms with Gasteiger partial charge in [-0.1, -0.05) is 55.8 Å². The van der Waals surface area contributed by atoms with Crippen molar-refractivity contribution in [2.75, 3.05) is 0 Å². The summed E-state index contributed by atoms with van der Waals surface area (Å²) >= 11 is 5.97. The predicted molar refractivity (Wildman–Crippen MR) is 88.8 cm³/mol. The summed E-state index contributed by atoms with van der Waals surface area (Å²) < 4.78 is 0. The van der Waals surface area contributed by atoms with Gasteiger partial charge < -0.3 is 10.1 Å². The number of hydrogen-bond acceptors (Lipinski definition) is 1. The molecule has 2 nitrogen and oxygen atoms in total. The molecule has 0 aliphatic heterocycles. The van der Waals surface area contributed by atoms with Gasteiger partial charge in [-0.2, -0.15) is 0 Å². The highest BCUT2D eigenvalue weighted by Gasteiger charge is 2.16. The fourth-order valence-electron chi connectivity index (χ4n) is 2.84. The largest absolute Gasteiger partial charge is 0.390 e. The molecule has 3 rings (SSSR count). The Morgan fingerprint density at radius 3 is 2.43 bits per heavy atom. The summed E-state index contributed by atoms with van der Waals surface area (Å²) in [5.74, 6) is 0.428. The lowest BCUT2D eigenvalue weighted by Gasteiger charge is -2.07. The molecule has 0 unspecified atom stereocenters. The van der Waals surface area contributed by atoms with Gasteiger partial charge >= 0.3 is 0 Å². The number of aliphatic hydroxyl groups is 1. The summed E-state index contributed by atoms with van der Waals surface area (Å²) in [4.78, 5) is 3.39. The maximum Gasteiger partial charge on any atom is 0.0837 e. The van der Waals surface area contributed by atoms with Gasteiger partial charge in [-0.05, 0) is 29.2 Å². The van der Waals surface area contributed by atoms with Gasteiger partial charge in [-0.15, -0.1) is 0 Å². The molecule has 2 N–H and O–H groups in total. The summed E-state index contributed by atoms with van der Waals surface area (Å²) in [6, 6.07) is 14.0. The van der Waals surface area contributed by atoms with E-state index >= 15 is 0 Å². The molecular formula is C18H18ClNO. The zero-order valence-electron chi connectivity index (χ0n) is 12.2. The van der Waals surface area contributed by atoms with Crippen LogP contribution in [0.3, 0.4) is 0 Å². The van der Waals surface area contributed by atoms with E-state index < -0.39 is 0 Å². The van der Waals surface area contributed by atoms with E-state index in [1.54, 1.807) is 0 Å². The van der Waals surface area contributed by atoms with Gasteiger partial charge in [-0.25, -0.2) is 0 Å². The molecule has 0 fully saturated rings. The fourth-order valence-corrected chi connectivity index (χ4v) is 2.97. The first-order chi connectivity index (χ1) is 10.1. The standard InChI is InChI=1S/C18H18ClNO/c1-11(2)14-4-3-5-15-17(16(10-21)20-18(14)15)12-6-8-13(19)9-7-12/h3-9,11,20-21H,10H2,1-2H3. The number of nitrogens with one attached hydrogen (secondary N) is 1. The van der Waals surface area contributed by atoms with Crippen molar-refractivity contribution in [3.05, 3.63) is 58.7 Å². The third kappa shape index (κ3) is 2.45. The second-order valence-electron chi connectivity index (χ2n) is 5.57. The van der Waals surface area contributed by atoms with Gasteiger partial charge in [0, 0.05) is 27.2 Å². The number of halogens is 1. The summed E-state index contributed by atoms with van der Waals surface area (Å²) in [5, 5.41) is 11.6. The van der Waals surface area contributed by atoms with E-state index in [2.05, 4.69) is 37.0 Å². The number of fused-ring (bicyclic) bond motifs is 1. The average molecular weight is 300 g/mol. The first-order valence-electron chi connectivity index (χ1n) is 7.12. The Bertz CT molecular complexity index is 772. The second-order valence-corrected chi connectivity index (χ2v) is 6.00. The third-order valence-electron chi connectivity index (χ3n) is 3.86. The van der Waals surface area contributed by atoms with E-state index in [9.17, 15) is 5.11 Å². The predicted octanol–water partition coefficient (Wildman–Crippen LogP) is 5.10. The number of aromatic nitrogens is 1.